The van der Waals surface area contributed by atoms with Crippen LogP contribution in [0.3, 0.4) is 0 Å². The molecule has 6 heteroatoms. The third-order valence-corrected chi connectivity index (χ3v) is 3.91. The van der Waals surface area contributed by atoms with Crippen molar-refractivity contribution in [2.75, 3.05) is 13.7 Å². The van der Waals surface area contributed by atoms with Gasteiger partial charge in [-0.25, -0.2) is 0 Å². The van der Waals surface area contributed by atoms with Crippen LogP contribution in [0.25, 0.3) is 0 Å². The minimum absolute atomic E-state index is 0.0190. The van der Waals surface area contributed by atoms with Gasteiger partial charge in [0.2, 0.25) is 0 Å². The van der Waals surface area contributed by atoms with E-state index in [9.17, 15) is 9.59 Å². The van der Waals surface area contributed by atoms with E-state index in [1.807, 2.05) is 31.2 Å². The molecule has 2 aromatic carbocycles. The lowest BCUT2D eigenvalue weighted by Gasteiger charge is -2.10. The van der Waals surface area contributed by atoms with Crippen molar-refractivity contribution >= 4 is 23.5 Å². The second kappa shape index (κ2) is 9.08. The number of halogens is 1. The fourth-order valence-electron chi connectivity index (χ4n) is 2.29. The molecule has 0 heterocycles. The first-order valence-electron chi connectivity index (χ1n) is 7.79. The van der Waals surface area contributed by atoms with E-state index in [0.29, 0.717) is 22.9 Å². The standard InChI is InChI=1S/C19H20ClNO4/c1-13-5-3-4-6-14(13)11-21-18(22)12-25-19(23)10-15-9-16(20)7-8-17(15)24-2/h3-9H,10-12H2,1-2H3,(H,21,22). The molecule has 2 rings (SSSR count). The normalized spacial score (nSPS) is 10.2. The molecular formula is C19H20ClNO4. The van der Waals surface area contributed by atoms with Crippen LogP contribution >= 0.6 is 11.6 Å². The molecule has 132 valence electrons. The largest absolute Gasteiger partial charge is 0.496 e. The average Bonchev–Trinajstić information content (AvgIpc) is 2.59. The highest BCUT2D eigenvalue weighted by Gasteiger charge is 2.12. The zero-order chi connectivity index (χ0) is 18.2. The minimum atomic E-state index is -0.522. The van der Waals surface area contributed by atoms with Gasteiger partial charge in [-0.15, -0.1) is 0 Å². The molecule has 0 saturated heterocycles. The van der Waals surface area contributed by atoms with E-state index >= 15 is 0 Å². The summed E-state index contributed by atoms with van der Waals surface area (Å²) in [6.07, 6.45) is -0.0190. The third kappa shape index (κ3) is 5.80. The molecule has 0 aliphatic rings. The molecule has 0 spiro atoms. The Bertz CT molecular complexity index is 761. The van der Waals surface area contributed by atoms with Crippen LogP contribution < -0.4 is 10.1 Å². The predicted octanol–water partition coefficient (Wildman–Crippen LogP) is 3.06. The molecule has 0 radical (unpaired) electrons. The number of ether oxygens (including phenoxy) is 2. The number of rotatable bonds is 7. The fraction of sp³-hybridized carbons (Fsp3) is 0.263. The highest BCUT2D eigenvalue weighted by molar-refractivity contribution is 6.30. The number of esters is 1. The van der Waals surface area contributed by atoms with E-state index in [2.05, 4.69) is 5.32 Å². The summed E-state index contributed by atoms with van der Waals surface area (Å²) < 4.78 is 10.2. The average molecular weight is 362 g/mol. The second-order valence-corrected chi connectivity index (χ2v) is 5.93. The maximum atomic E-state index is 11.9. The smallest absolute Gasteiger partial charge is 0.310 e. The molecular weight excluding hydrogens is 342 g/mol. The van der Waals surface area contributed by atoms with Crippen LogP contribution in [0.5, 0.6) is 5.75 Å². The molecule has 0 aliphatic carbocycles. The summed E-state index contributed by atoms with van der Waals surface area (Å²) in [6, 6.07) is 12.8. The molecule has 1 N–H and O–H groups in total. The molecule has 2 aromatic rings. The van der Waals surface area contributed by atoms with Gasteiger partial charge in [0, 0.05) is 17.1 Å². The number of benzene rings is 2. The van der Waals surface area contributed by atoms with E-state index in [4.69, 9.17) is 21.1 Å². The van der Waals surface area contributed by atoms with Crippen molar-refractivity contribution in [1.82, 2.24) is 5.32 Å². The van der Waals surface area contributed by atoms with Crippen molar-refractivity contribution in [2.45, 2.75) is 19.9 Å². The molecule has 0 aromatic heterocycles. The quantitative estimate of drug-likeness (QED) is 0.770. The molecule has 0 unspecified atom stereocenters. The summed E-state index contributed by atoms with van der Waals surface area (Å²) in [4.78, 5) is 23.8. The number of methoxy groups -OCH3 is 1. The summed E-state index contributed by atoms with van der Waals surface area (Å²) in [6.45, 7) is 2.04. The van der Waals surface area contributed by atoms with Gasteiger partial charge in [0.1, 0.15) is 5.75 Å². The van der Waals surface area contributed by atoms with Gasteiger partial charge in [0.05, 0.1) is 13.5 Å². The van der Waals surface area contributed by atoms with Gasteiger partial charge >= 0.3 is 5.97 Å². The molecule has 0 fully saturated rings. The van der Waals surface area contributed by atoms with Crippen molar-refractivity contribution in [3.8, 4) is 5.75 Å². The van der Waals surface area contributed by atoms with E-state index in [1.165, 1.54) is 7.11 Å². The zero-order valence-corrected chi connectivity index (χ0v) is 14.9. The number of hydrogen-bond donors (Lipinski definition) is 1. The number of aryl methyl sites for hydroxylation is 1. The van der Waals surface area contributed by atoms with Crippen LogP contribution in [0.1, 0.15) is 16.7 Å². The first-order valence-corrected chi connectivity index (χ1v) is 8.16. The summed E-state index contributed by atoms with van der Waals surface area (Å²) in [5.41, 5.74) is 2.72. The first-order chi connectivity index (χ1) is 12.0. The third-order valence-electron chi connectivity index (χ3n) is 3.68. The second-order valence-electron chi connectivity index (χ2n) is 5.50. The summed E-state index contributed by atoms with van der Waals surface area (Å²) in [7, 11) is 1.51. The Labute approximate surface area is 151 Å². The lowest BCUT2D eigenvalue weighted by Crippen LogP contribution is -2.29. The SMILES string of the molecule is COc1ccc(Cl)cc1CC(=O)OCC(=O)NCc1ccccc1C. The number of amides is 1. The van der Waals surface area contributed by atoms with Gasteiger partial charge in [-0.1, -0.05) is 35.9 Å². The lowest BCUT2D eigenvalue weighted by atomic mass is 10.1. The van der Waals surface area contributed by atoms with Crippen molar-refractivity contribution in [3.63, 3.8) is 0 Å². The highest BCUT2D eigenvalue weighted by Crippen LogP contribution is 2.23. The number of carbonyl (C=O) groups is 2. The number of carbonyl (C=O) groups excluding carboxylic acids is 2. The van der Waals surface area contributed by atoms with E-state index in [-0.39, 0.29) is 18.9 Å². The van der Waals surface area contributed by atoms with Gasteiger partial charge in [0.15, 0.2) is 6.61 Å². The van der Waals surface area contributed by atoms with Gasteiger partial charge < -0.3 is 14.8 Å². The first kappa shape index (κ1) is 18.8. The summed E-state index contributed by atoms with van der Waals surface area (Å²) >= 11 is 5.93. The Morgan fingerprint density at radius 3 is 2.60 bits per heavy atom. The van der Waals surface area contributed by atoms with Crippen molar-refractivity contribution < 1.29 is 19.1 Å². The van der Waals surface area contributed by atoms with Crippen LogP contribution in [0, 0.1) is 6.92 Å². The van der Waals surface area contributed by atoms with Crippen LogP contribution in [-0.4, -0.2) is 25.6 Å². The van der Waals surface area contributed by atoms with Crippen molar-refractivity contribution in [1.29, 1.82) is 0 Å². The van der Waals surface area contributed by atoms with E-state index < -0.39 is 5.97 Å². The molecule has 0 atom stereocenters. The Balaban J connectivity index is 1.81. The molecule has 25 heavy (non-hydrogen) atoms. The van der Waals surface area contributed by atoms with E-state index in [1.54, 1.807) is 18.2 Å². The predicted molar refractivity (Wildman–Crippen MR) is 95.7 cm³/mol. The van der Waals surface area contributed by atoms with Gasteiger partial charge in [-0.2, -0.15) is 0 Å². The lowest BCUT2D eigenvalue weighted by molar-refractivity contribution is -0.147. The Morgan fingerprint density at radius 1 is 1.12 bits per heavy atom. The van der Waals surface area contributed by atoms with Crippen LogP contribution in [0.15, 0.2) is 42.5 Å². The van der Waals surface area contributed by atoms with Crippen LogP contribution in [0.2, 0.25) is 5.02 Å². The van der Waals surface area contributed by atoms with Crippen molar-refractivity contribution in [2.24, 2.45) is 0 Å². The molecule has 5 nitrogen and oxygen atoms in total. The van der Waals surface area contributed by atoms with Crippen LogP contribution in [0.4, 0.5) is 0 Å². The fourth-order valence-corrected chi connectivity index (χ4v) is 2.49. The minimum Gasteiger partial charge on any atom is -0.496 e. The number of hydrogen-bond acceptors (Lipinski definition) is 4. The summed E-state index contributed by atoms with van der Waals surface area (Å²) in [5.74, 6) is -0.327. The maximum absolute atomic E-state index is 11.9. The Morgan fingerprint density at radius 2 is 1.88 bits per heavy atom. The molecule has 0 saturated carbocycles. The molecule has 1 amide bonds. The Kier molecular flexibility index (Phi) is 6.83. The highest BCUT2D eigenvalue weighted by atomic mass is 35.5. The summed E-state index contributed by atoms with van der Waals surface area (Å²) in [5, 5.41) is 3.23. The molecule has 0 aliphatic heterocycles. The van der Waals surface area contributed by atoms with E-state index in [0.717, 1.165) is 11.1 Å². The van der Waals surface area contributed by atoms with Gasteiger partial charge in [-0.05, 0) is 36.2 Å². The number of nitrogens with one attached hydrogen (secondary N) is 1. The van der Waals surface area contributed by atoms with Crippen LogP contribution in [-0.2, 0) is 27.3 Å². The van der Waals surface area contributed by atoms with Gasteiger partial charge in [-0.3, -0.25) is 9.59 Å². The maximum Gasteiger partial charge on any atom is 0.310 e. The van der Waals surface area contributed by atoms with Crippen molar-refractivity contribution in [3.05, 3.63) is 64.2 Å². The Hall–Kier alpha value is -2.53. The van der Waals surface area contributed by atoms with Gasteiger partial charge in [0.25, 0.3) is 5.91 Å². The topological polar surface area (TPSA) is 64.6 Å². The zero-order valence-electron chi connectivity index (χ0n) is 14.2. The monoisotopic (exact) mass is 361 g/mol. The molecule has 0 bridgehead atoms.